The second kappa shape index (κ2) is 6.31. The van der Waals surface area contributed by atoms with Gasteiger partial charge in [0.2, 0.25) is 0 Å². The first kappa shape index (κ1) is 16.2. The van der Waals surface area contributed by atoms with Crippen molar-refractivity contribution in [2.24, 2.45) is 11.7 Å². The third-order valence-corrected chi connectivity index (χ3v) is 3.76. The number of non-ortho nitro benzene ring substituents is 1. The first-order chi connectivity index (χ1) is 10.3. The van der Waals surface area contributed by atoms with Gasteiger partial charge < -0.3 is 15.4 Å². The summed E-state index contributed by atoms with van der Waals surface area (Å²) in [7, 11) is 0. The fraction of sp³-hybridized carbons (Fsp3) is 0.533. The van der Waals surface area contributed by atoms with Crippen molar-refractivity contribution in [3.63, 3.8) is 0 Å². The lowest BCUT2D eigenvalue weighted by molar-refractivity contribution is -0.384. The Morgan fingerprint density at radius 1 is 1.45 bits per heavy atom. The Kier molecular flexibility index (Phi) is 4.65. The number of nitrogens with zero attached hydrogens (tertiary/aromatic N) is 2. The van der Waals surface area contributed by atoms with E-state index in [9.17, 15) is 14.9 Å². The fourth-order valence-electron chi connectivity index (χ4n) is 2.37. The molecule has 7 heteroatoms. The van der Waals surface area contributed by atoms with E-state index in [1.165, 1.54) is 12.1 Å². The minimum absolute atomic E-state index is 0.0414. The van der Waals surface area contributed by atoms with E-state index in [0.717, 1.165) is 6.42 Å². The standard InChI is InChI=1S/C15H21N3O4/c1-4-10(16)8-17-12-6-5-11(18(20)21)7-13(12)22-14(9(2)3)15(17)19/h5-7,9-10,14H,4,8,16H2,1-3H3. The number of ether oxygens (including phenoxy) is 1. The zero-order valence-electron chi connectivity index (χ0n) is 13.0. The van der Waals surface area contributed by atoms with Crippen LogP contribution in [-0.4, -0.2) is 29.5 Å². The molecule has 2 N–H and O–H groups in total. The highest BCUT2D eigenvalue weighted by atomic mass is 16.6. The summed E-state index contributed by atoms with van der Waals surface area (Å²) in [6.45, 7) is 6.07. The van der Waals surface area contributed by atoms with Gasteiger partial charge in [0.25, 0.3) is 11.6 Å². The summed E-state index contributed by atoms with van der Waals surface area (Å²) in [4.78, 5) is 24.6. The summed E-state index contributed by atoms with van der Waals surface area (Å²) in [5.74, 6) is 0.163. The lowest BCUT2D eigenvalue weighted by Gasteiger charge is -2.36. The molecular formula is C15H21N3O4. The molecule has 0 bridgehead atoms. The van der Waals surface area contributed by atoms with Gasteiger partial charge >= 0.3 is 0 Å². The maximum atomic E-state index is 12.6. The van der Waals surface area contributed by atoms with Gasteiger partial charge in [0.1, 0.15) is 0 Å². The van der Waals surface area contributed by atoms with Crippen molar-refractivity contribution in [1.82, 2.24) is 0 Å². The fourth-order valence-corrected chi connectivity index (χ4v) is 2.37. The number of amides is 1. The summed E-state index contributed by atoms with van der Waals surface area (Å²) >= 11 is 0. The molecule has 1 aliphatic heterocycles. The molecule has 7 nitrogen and oxygen atoms in total. The number of anilines is 1. The third-order valence-electron chi connectivity index (χ3n) is 3.76. The van der Waals surface area contributed by atoms with Crippen molar-refractivity contribution in [3.8, 4) is 5.75 Å². The molecule has 0 aromatic heterocycles. The van der Waals surface area contributed by atoms with E-state index in [-0.39, 0.29) is 23.6 Å². The van der Waals surface area contributed by atoms with Gasteiger partial charge in [-0.2, -0.15) is 0 Å². The molecule has 0 radical (unpaired) electrons. The largest absolute Gasteiger partial charge is 0.478 e. The van der Waals surface area contributed by atoms with E-state index >= 15 is 0 Å². The summed E-state index contributed by atoms with van der Waals surface area (Å²) in [6.07, 6.45) is 0.0813. The molecule has 1 amide bonds. The number of carbonyl (C=O) groups excluding carboxylic acids is 1. The van der Waals surface area contributed by atoms with E-state index in [2.05, 4.69) is 0 Å². The van der Waals surface area contributed by atoms with Crippen LogP contribution in [0.1, 0.15) is 27.2 Å². The summed E-state index contributed by atoms with van der Waals surface area (Å²) in [5.41, 5.74) is 6.46. The molecule has 1 aromatic carbocycles. The maximum Gasteiger partial charge on any atom is 0.273 e. The van der Waals surface area contributed by atoms with E-state index in [4.69, 9.17) is 10.5 Å². The predicted octanol–water partition coefficient (Wildman–Crippen LogP) is 2.08. The number of nitro benzene ring substituents is 1. The van der Waals surface area contributed by atoms with Gasteiger partial charge in [-0.3, -0.25) is 14.9 Å². The van der Waals surface area contributed by atoms with Gasteiger partial charge in [-0.1, -0.05) is 20.8 Å². The van der Waals surface area contributed by atoms with Crippen LogP contribution in [0.3, 0.4) is 0 Å². The van der Waals surface area contributed by atoms with Crippen molar-refractivity contribution in [1.29, 1.82) is 0 Å². The number of fused-ring (bicyclic) bond motifs is 1. The highest BCUT2D eigenvalue weighted by Crippen LogP contribution is 2.38. The van der Waals surface area contributed by atoms with Crippen LogP contribution >= 0.6 is 0 Å². The molecule has 120 valence electrons. The van der Waals surface area contributed by atoms with E-state index < -0.39 is 11.0 Å². The molecule has 2 atom stereocenters. The number of benzene rings is 1. The van der Waals surface area contributed by atoms with Crippen LogP contribution in [0, 0.1) is 16.0 Å². The third kappa shape index (κ3) is 3.04. The average Bonchev–Trinajstić information content (AvgIpc) is 2.48. The van der Waals surface area contributed by atoms with E-state index in [1.807, 2.05) is 20.8 Å². The number of hydrogen-bond donors (Lipinski definition) is 1. The van der Waals surface area contributed by atoms with Gasteiger partial charge in [0, 0.05) is 18.7 Å². The van der Waals surface area contributed by atoms with Gasteiger partial charge in [0.05, 0.1) is 16.7 Å². The highest BCUT2D eigenvalue weighted by Gasteiger charge is 2.37. The maximum absolute atomic E-state index is 12.6. The number of nitrogens with two attached hydrogens (primary N) is 1. The van der Waals surface area contributed by atoms with Crippen LogP contribution in [0.2, 0.25) is 0 Å². The quantitative estimate of drug-likeness (QED) is 0.663. The minimum atomic E-state index is -0.654. The molecule has 1 aliphatic rings. The topological polar surface area (TPSA) is 98.7 Å². The number of hydrogen-bond acceptors (Lipinski definition) is 5. The van der Waals surface area contributed by atoms with Crippen LogP contribution in [-0.2, 0) is 4.79 Å². The van der Waals surface area contributed by atoms with Crippen LogP contribution < -0.4 is 15.4 Å². The van der Waals surface area contributed by atoms with Gasteiger partial charge in [0.15, 0.2) is 11.9 Å². The van der Waals surface area contributed by atoms with Crippen molar-refractivity contribution in [2.45, 2.75) is 39.3 Å². The SMILES string of the molecule is CCC(N)CN1C(=O)C(C(C)C)Oc2cc([N+](=O)[O-])ccc21. The molecule has 0 saturated carbocycles. The van der Waals surface area contributed by atoms with Crippen LogP contribution in [0.25, 0.3) is 0 Å². The van der Waals surface area contributed by atoms with Crippen LogP contribution in [0.5, 0.6) is 5.75 Å². The summed E-state index contributed by atoms with van der Waals surface area (Å²) in [5, 5.41) is 10.9. The Labute approximate surface area is 129 Å². The van der Waals surface area contributed by atoms with Gasteiger partial charge in [-0.15, -0.1) is 0 Å². The minimum Gasteiger partial charge on any atom is -0.478 e. The molecule has 0 aliphatic carbocycles. The summed E-state index contributed by atoms with van der Waals surface area (Å²) < 4.78 is 5.71. The Balaban J connectivity index is 2.45. The van der Waals surface area contributed by atoms with Gasteiger partial charge in [-0.25, -0.2) is 0 Å². The molecule has 0 spiro atoms. The zero-order chi connectivity index (χ0) is 16.4. The number of carbonyl (C=O) groups is 1. The zero-order valence-corrected chi connectivity index (χ0v) is 13.0. The van der Waals surface area contributed by atoms with Crippen LogP contribution in [0.4, 0.5) is 11.4 Å². The van der Waals surface area contributed by atoms with Crippen molar-refractivity contribution >= 4 is 17.3 Å². The Morgan fingerprint density at radius 3 is 2.68 bits per heavy atom. The molecular weight excluding hydrogens is 286 g/mol. The molecule has 1 heterocycles. The highest BCUT2D eigenvalue weighted by molar-refractivity contribution is 6.00. The van der Waals surface area contributed by atoms with Crippen molar-refractivity contribution in [3.05, 3.63) is 28.3 Å². The van der Waals surface area contributed by atoms with Crippen molar-refractivity contribution in [2.75, 3.05) is 11.4 Å². The summed E-state index contributed by atoms with van der Waals surface area (Å²) in [6, 6.07) is 4.12. The monoisotopic (exact) mass is 307 g/mol. The van der Waals surface area contributed by atoms with Crippen molar-refractivity contribution < 1.29 is 14.5 Å². The molecule has 0 saturated heterocycles. The first-order valence-corrected chi connectivity index (χ1v) is 7.37. The normalized spacial score (nSPS) is 18.9. The molecule has 2 unspecified atom stereocenters. The number of rotatable bonds is 5. The Morgan fingerprint density at radius 2 is 2.14 bits per heavy atom. The Bertz CT molecular complexity index is 588. The van der Waals surface area contributed by atoms with Crippen LogP contribution in [0.15, 0.2) is 18.2 Å². The number of nitro groups is 1. The average molecular weight is 307 g/mol. The predicted molar refractivity (Wildman–Crippen MR) is 83.0 cm³/mol. The molecule has 2 rings (SSSR count). The molecule has 22 heavy (non-hydrogen) atoms. The lowest BCUT2D eigenvalue weighted by Crippen LogP contribution is -2.51. The smallest absolute Gasteiger partial charge is 0.273 e. The second-order valence-electron chi connectivity index (χ2n) is 5.81. The first-order valence-electron chi connectivity index (χ1n) is 7.37. The van der Waals surface area contributed by atoms with E-state index in [1.54, 1.807) is 11.0 Å². The Hall–Kier alpha value is -2.15. The lowest BCUT2D eigenvalue weighted by atomic mass is 10.0. The second-order valence-corrected chi connectivity index (χ2v) is 5.81. The van der Waals surface area contributed by atoms with Gasteiger partial charge in [-0.05, 0) is 18.4 Å². The van der Waals surface area contributed by atoms with E-state index in [0.29, 0.717) is 18.0 Å². The molecule has 1 aromatic rings. The molecule has 0 fully saturated rings.